The van der Waals surface area contributed by atoms with Gasteiger partial charge in [-0.3, -0.25) is 4.79 Å². The van der Waals surface area contributed by atoms with Gasteiger partial charge in [0.05, 0.1) is 36.0 Å². The molecule has 0 bridgehead atoms. The SMILES string of the molecule is CCN(c1c(F)cc(C(COC)CC(=O)O)cc1Nc1ccc(C#N)cc1)C1CCOCC1. The molecule has 176 valence electrons. The number of carboxylic acids is 1. The smallest absolute Gasteiger partial charge is 0.304 e. The minimum Gasteiger partial charge on any atom is -0.481 e. The molecule has 1 fully saturated rings. The molecule has 7 nitrogen and oxygen atoms in total. The van der Waals surface area contributed by atoms with Gasteiger partial charge in [-0.2, -0.15) is 5.26 Å². The standard InChI is InChI=1S/C25H30FN3O4/c1-3-29(21-8-10-33-11-9-21)25-22(26)12-18(19(16-32-2)14-24(30)31)13-23(25)28-20-6-4-17(15-27)5-7-20/h4-7,12-13,19,21,28H,3,8-11,14,16H2,1-2H3,(H,30,31). The summed E-state index contributed by atoms with van der Waals surface area (Å²) in [4.78, 5) is 13.4. The third-order valence-corrected chi connectivity index (χ3v) is 5.90. The van der Waals surface area contributed by atoms with E-state index in [0.29, 0.717) is 47.9 Å². The van der Waals surface area contributed by atoms with E-state index in [1.165, 1.54) is 13.2 Å². The number of benzene rings is 2. The predicted octanol–water partition coefficient (Wildman–Crippen LogP) is 4.65. The van der Waals surface area contributed by atoms with Crippen molar-refractivity contribution < 1.29 is 23.8 Å². The maximum atomic E-state index is 15.7. The number of ether oxygens (including phenoxy) is 2. The number of hydrogen-bond acceptors (Lipinski definition) is 6. The molecule has 2 aromatic rings. The number of nitriles is 1. The maximum absolute atomic E-state index is 15.7. The second-order valence-corrected chi connectivity index (χ2v) is 8.09. The molecule has 0 spiro atoms. The van der Waals surface area contributed by atoms with Gasteiger partial charge in [0, 0.05) is 44.5 Å². The van der Waals surface area contributed by atoms with Crippen molar-refractivity contribution >= 4 is 23.0 Å². The van der Waals surface area contributed by atoms with E-state index in [1.807, 2.05) is 13.0 Å². The summed E-state index contributed by atoms with van der Waals surface area (Å²) in [6.45, 7) is 4.03. The molecule has 3 rings (SSSR count). The summed E-state index contributed by atoms with van der Waals surface area (Å²) in [7, 11) is 1.50. The summed E-state index contributed by atoms with van der Waals surface area (Å²) >= 11 is 0. The second kappa shape index (κ2) is 11.6. The van der Waals surface area contributed by atoms with Crippen molar-refractivity contribution in [3.63, 3.8) is 0 Å². The second-order valence-electron chi connectivity index (χ2n) is 8.09. The van der Waals surface area contributed by atoms with Gasteiger partial charge in [-0.15, -0.1) is 0 Å². The van der Waals surface area contributed by atoms with Crippen LogP contribution in [0.1, 0.15) is 43.2 Å². The first-order valence-electron chi connectivity index (χ1n) is 11.1. The van der Waals surface area contributed by atoms with Crippen LogP contribution in [0.3, 0.4) is 0 Å². The summed E-state index contributed by atoms with van der Waals surface area (Å²) in [6, 6.07) is 12.4. The molecule has 33 heavy (non-hydrogen) atoms. The summed E-state index contributed by atoms with van der Waals surface area (Å²) in [6.07, 6.45) is 1.44. The molecule has 1 unspecified atom stereocenters. The fourth-order valence-corrected chi connectivity index (χ4v) is 4.31. The molecular formula is C25H30FN3O4. The lowest BCUT2D eigenvalue weighted by atomic mass is 9.94. The zero-order valence-electron chi connectivity index (χ0n) is 19.0. The zero-order valence-corrected chi connectivity index (χ0v) is 19.0. The van der Waals surface area contributed by atoms with Gasteiger partial charge in [0.1, 0.15) is 5.82 Å². The maximum Gasteiger partial charge on any atom is 0.304 e. The molecule has 1 saturated heterocycles. The number of carbonyl (C=O) groups is 1. The van der Waals surface area contributed by atoms with Crippen LogP contribution in [0.25, 0.3) is 0 Å². The van der Waals surface area contributed by atoms with E-state index in [1.54, 1.807) is 24.3 Å². The van der Waals surface area contributed by atoms with Gasteiger partial charge < -0.3 is 24.8 Å². The van der Waals surface area contributed by atoms with Crippen LogP contribution in [0.5, 0.6) is 0 Å². The van der Waals surface area contributed by atoms with Crippen LogP contribution < -0.4 is 10.2 Å². The summed E-state index contributed by atoms with van der Waals surface area (Å²) in [5.74, 6) is -1.88. The number of carboxylic acid groups (broad SMARTS) is 1. The largest absolute Gasteiger partial charge is 0.481 e. The first-order valence-corrected chi connectivity index (χ1v) is 11.1. The Morgan fingerprint density at radius 1 is 1.33 bits per heavy atom. The zero-order chi connectivity index (χ0) is 23.8. The van der Waals surface area contributed by atoms with E-state index < -0.39 is 17.7 Å². The number of anilines is 3. The lowest BCUT2D eigenvalue weighted by molar-refractivity contribution is -0.137. The average molecular weight is 456 g/mol. The Hall–Kier alpha value is -3.15. The van der Waals surface area contributed by atoms with Crippen molar-refractivity contribution in [2.45, 2.75) is 38.1 Å². The Morgan fingerprint density at radius 2 is 2.03 bits per heavy atom. The highest BCUT2D eigenvalue weighted by Crippen LogP contribution is 2.38. The van der Waals surface area contributed by atoms with Crippen molar-refractivity contribution in [1.29, 1.82) is 5.26 Å². The van der Waals surface area contributed by atoms with Crippen molar-refractivity contribution in [2.75, 3.05) is 43.7 Å². The Morgan fingerprint density at radius 3 is 2.61 bits per heavy atom. The monoisotopic (exact) mass is 455 g/mol. The number of rotatable bonds is 10. The highest BCUT2D eigenvalue weighted by Gasteiger charge is 2.27. The lowest BCUT2D eigenvalue weighted by Gasteiger charge is -2.37. The molecule has 1 heterocycles. The van der Waals surface area contributed by atoms with Gasteiger partial charge in [-0.1, -0.05) is 0 Å². The molecule has 1 aliphatic heterocycles. The molecule has 2 aromatic carbocycles. The molecule has 0 aliphatic carbocycles. The summed E-state index contributed by atoms with van der Waals surface area (Å²) < 4.78 is 26.4. The molecule has 8 heteroatoms. The molecular weight excluding hydrogens is 425 g/mol. The molecule has 1 atom stereocenters. The Kier molecular flexibility index (Phi) is 8.64. The summed E-state index contributed by atoms with van der Waals surface area (Å²) in [5.41, 5.74) is 2.79. The molecule has 1 aliphatic rings. The number of methoxy groups -OCH3 is 1. The van der Waals surface area contributed by atoms with E-state index in [4.69, 9.17) is 14.7 Å². The molecule has 0 saturated carbocycles. The lowest BCUT2D eigenvalue weighted by Crippen LogP contribution is -2.40. The van der Waals surface area contributed by atoms with Gasteiger partial charge >= 0.3 is 5.97 Å². The minimum absolute atomic E-state index is 0.138. The molecule has 0 amide bonds. The van der Waals surface area contributed by atoms with Crippen LogP contribution in [0, 0.1) is 17.1 Å². The van der Waals surface area contributed by atoms with Gasteiger partial charge in [0.2, 0.25) is 0 Å². The highest BCUT2D eigenvalue weighted by molar-refractivity contribution is 5.78. The number of nitrogens with zero attached hydrogens (tertiary/aromatic N) is 2. The number of halogens is 1. The third-order valence-electron chi connectivity index (χ3n) is 5.90. The van der Waals surface area contributed by atoms with E-state index in [0.717, 1.165) is 12.8 Å². The van der Waals surface area contributed by atoms with Crippen molar-refractivity contribution in [3.8, 4) is 6.07 Å². The first kappa shape index (κ1) is 24.5. The first-order chi connectivity index (χ1) is 16.0. The number of aliphatic carboxylic acids is 1. The van der Waals surface area contributed by atoms with Crippen LogP contribution in [0.15, 0.2) is 36.4 Å². The van der Waals surface area contributed by atoms with E-state index in [2.05, 4.69) is 16.3 Å². The van der Waals surface area contributed by atoms with E-state index >= 15 is 4.39 Å². The number of hydrogen-bond donors (Lipinski definition) is 2. The quantitative estimate of drug-likeness (QED) is 0.538. The Balaban J connectivity index is 2.07. The van der Waals surface area contributed by atoms with Crippen molar-refractivity contribution in [3.05, 3.63) is 53.3 Å². The van der Waals surface area contributed by atoms with Gasteiger partial charge in [-0.05, 0) is 61.7 Å². The third kappa shape index (κ3) is 6.21. The normalized spacial score (nSPS) is 15.0. The minimum atomic E-state index is -0.972. The Bertz CT molecular complexity index is 984. The predicted molar refractivity (Wildman–Crippen MR) is 125 cm³/mol. The van der Waals surface area contributed by atoms with E-state index in [9.17, 15) is 9.90 Å². The molecule has 0 radical (unpaired) electrons. The van der Waals surface area contributed by atoms with Crippen molar-refractivity contribution in [1.82, 2.24) is 0 Å². The Labute approximate surface area is 193 Å². The highest BCUT2D eigenvalue weighted by atomic mass is 19.1. The van der Waals surface area contributed by atoms with Crippen LogP contribution in [-0.2, 0) is 14.3 Å². The van der Waals surface area contributed by atoms with E-state index in [-0.39, 0.29) is 19.1 Å². The van der Waals surface area contributed by atoms with Gasteiger partial charge in [-0.25, -0.2) is 4.39 Å². The van der Waals surface area contributed by atoms with Crippen LogP contribution in [-0.4, -0.2) is 50.6 Å². The summed E-state index contributed by atoms with van der Waals surface area (Å²) in [5, 5.41) is 21.7. The van der Waals surface area contributed by atoms with Gasteiger partial charge in [0.25, 0.3) is 0 Å². The fraction of sp³-hybridized carbons (Fsp3) is 0.440. The van der Waals surface area contributed by atoms with Crippen LogP contribution >= 0.6 is 0 Å². The van der Waals surface area contributed by atoms with Crippen molar-refractivity contribution in [2.24, 2.45) is 0 Å². The number of nitrogens with one attached hydrogen (secondary N) is 1. The van der Waals surface area contributed by atoms with Crippen LogP contribution in [0.2, 0.25) is 0 Å². The van der Waals surface area contributed by atoms with Gasteiger partial charge in [0.15, 0.2) is 0 Å². The van der Waals surface area contributed by atoms with Crippen LogP contribution in [0.4, 0.5) is 21.5 Å². The molecule has 0 aromatic heterocycles. The average Bonchev–Trinajstić information content (AvgIpc) is 2.81. The fourth-order valence-electron chi connectivity index (χ4n) is 4.31. The molecule has 2 N–H and O–H groups in total. The topological polar surface area (TPSA) is 94.8 Å².